The molecular weight excluding hydrogens is 678 g/mol. The highest BCUT2D eigenvalue weighted by Gasteiger charge is 2.48. The summed E-state index contributed by atoms with van der Waals surface area (Å²) in [4.78, 5) is 62.4. The molecule has 1 aromatic carbocycles. The molecule has 2 aromatic heterocycles. The summed E-state index contributed by atoms with van der Waals surface area (Å²) in [5.41, 5.74) is 0.0921. The molecule has 2 unspecified atom stereocenters. The summed E-state index contributed by atoms with van der Waals surface area (Å²) in [6, 6.07) is 9.22. The van der Waals surface area contributed by atoms with Gasteiger partial charge in [-0.05, 0) is 49.9 Å². The Bertz CT molecular complexity index is 1770. The molecule has 2 heterocycles. The van der Waals surface area contributed by atoms with Gasteiger partial charge in [0.2, 0.25) is 5.88 Å². The lowest BCUT2D eigenvalue weighted by Gasteiger charge is -2.50. The Morgan fingerprint density at radius 2 is 1.51 bits per heavy atom. The number of aromatic nitrogens is 3. The Hall–Kier alpha value is -4.86. The molecule has 0 aliphatic heterocycles. The summed E-state index contributed by atoms with van der Waals surface area (Å²) in [5, 5.41) is 3.11. The minimum absolute atomic E-state index is 0.0434. The normalized spacial score (nSPS) is 18.9. The van der Waals surface area contributed by atoms with Crippen molar-refractivity contribution in [3.05, 3.63) is 47.3 Å². The minimum Gasteiger partial charge on any atom is -0.466 e. The third-order valence-corrected chi connectivity index (χ3v) is 9.90. The molecule has 13 heteroatoms. The molecule has 1 aliphatic rings. The van der Waals surface area contributed by atoms with Crippen LogP contribution in [0.4, 0.5) is 10.5 Å². The Morgan fingerprint density at radius 3 is 2.06 bits per heavy atom. The maximum Gasteiger partial charge on any atom is 0.415 e. The van der Waals surface area contributed by atoms with Crippen molar-refractivity contribution in [1.29, 1.82) is 0 Å². The van der Waals surface area contributed by atoms with Crippen LogP contribution in [0.1, 0.15) is 105 Å². The van der Waals surface area contributed by atoms with Gasteiger partial charge in [0.25, 0.3) is 5.69 Å². The molecule has 1 aliphatic carbocycles. The lowest BCUT2D eigenvalue weighted by molar-refractivity contribution is -0.144. The fourth-order valence-electron chi connectivity index (χ4n) is 7.18. The average molecular weight is 734 g/mol. The van der Waals surface area contributed by atoms with Crippen molar-refractivity contribution in [2.45, 2.75) is 101 Å². The molecule has 0 saturated heterocycles. The van der Waals surface area contributed by atoms with Crippen molar-refractivity contribution >= 4 is 35.3 Å². The van der Waals surface area contributed by atoms with Crippen LogP contribution in [-0.4, -0.2) is 75.9 Å². The predicted octanol–water partition coefficient (Wildman–Crippen LogP) is 8.26. The van der Waals surface area contributed by atoms with E-state index in [0.717, 1.165) is 12.8 Å². The first-order valence-corrected chi connectivity index (χ1v) is 18.6. The fourth-order valence-corrected chi connectivity index (χ4v) is 7.18. The van der Waals surface area contributed by atoms with Gasteiger partial charge in [0, 0.05) is 36.9 Å². The van der Waals surface area contributed by atoms with Gasteiger partial charge in [-0.25, -0.2) is 23.9 Å². The van der Waals surface area contributed by atoms with E-state index < -0.39 is 30.1 Å². The Balaban J connectivity index is 1.78. The van der Waals surface area contributed by atoms with Gasteiger partial charge in [-0.3, -0.25) is 14.7 Å². The predicted molar refractivity (Wildman–Crippen MR) is 199 cm³/mol. The van der Waals surface area contributed by atoms with Gasteiger partial charge in [-0.15, -0.1) is 0 Å². The summed E-state index contributed by atoms with van der Waals surface area (Å²) in [6.45, 7) is 27.2. The first kappa shape index (κ1) is 40.9. The number of benzene rings is 1. The molecule has 53 heavy (non-hydrogen) atoms. The number of nitrogens with zero attached hydrogens (tertiary/aromatic N) is 4. The number of carbonyl (C=O) groups excluding carboxylic acids is 4. The third-order valence-electron chi connectivity index (χ3n) is 9.90. The number of ether oxygens (including phenoxy) is 4. The zero-order valence-corrected chi connectivity index (χ0v) is 32.6. The SMILES string of the molecule is [C-]#[N+]c1c(C(=O)OC2C(C(C)(C)C)CC(C)CC2C(C)(C)C)c2nc(-c3ccccc3)[nH]n2c1OC(=O)N(CCCC(=O)OCC)CCC(=O)OCC. The first-order chi connectivity index (χ1) is 25.0. The summed E-state index contributed by atoms with van der Waals surface area (Å²) in [6.07, 6.45) is 0.599. The van der Waals surface area contributed by atoms with E-state index in [1.165, 1.54) is 9.42 Å². The summed E-state index contributed by atoms with van der Waals surface area (Å²) in [7, 11) is 0. The summed E-state index contributed by atoms with van der Waals surface area (Å²) in [5.74, 6) is -0.979. The van der Waals surface area contributed by atoms with Crippen LogP contribution < -0.4 is 4.74 Å². The highest BCUT2D eigenvalue weighted by atomic mass is 16.6. The van der Waals surface area contributed by atoms with Crippen LogP contribution in [0, 0.1) is 35.2 Å². The molecule has 4 rings (SSSR count). The lowest BCUT2D eigenvalue weighted by atomic mass is 9.59. The smallest absolute Gasteiger partial charge is 0.415 e. The van der Waals surface area contributed by atoms with Crippen LogP contribution in [0.5, 0.6) is 5.88 Å². The Morgan fingerprint density at radius 1 is 0.925 bits per heavy atom. The second kappa shape index (κ2) is 17.3. The molecule has 1 fully saturated rings. The monoisotopic (exact) mass is 733 g/mol. The first-order valence-electron chi connectivity index (χ1n) is 18.6. The molecule has 0 spiro atoms. The highest BCUT2D eigenvalue weighted by molar-refractivity contribution is 6.05. The van der Waals surface area contributed by atoms with Gasteiger partial charge < -0.3 is 23.8 Å². The van der Waals surface area contributed by atoms with E-state index in [2.05, 4.69) is 58.4 Å². The topological polar surface area (TPSA) is 146 Å². The molecule has 13 nitrogen and oxygen atoms in total. The van der Waals surface area contributed by atoms with Crippen molar-refractivity contribution in [3.8, 4) is 17.3 Å². The number of carbonyl (C=O) groups is 4. The molecule has 1 N–H and O–H groups in total. The van der Waals surface area contributed by atoms with Gasteiger partial charge in [0.15, 0.2) is 11.5 Å². The second-order valence-corrected chi connectivity index (χ2v) is 15.9. The molecule has 2 atom stereocenters. The molecular formula is C40H55N5O8. The fraction of sp³-hybridized carbons (Fsp3) is 0.600. The molecule has 0 bridgehead atoms. The third kappa shape index (κ3) is 9.97. The minimum atomic E-state index is -0.889. The van der Waals surface area contributed by atoms with Crippen LogP contribution in [0.3, 0.4) is 0 Å². The van der Waals surface area contributed by atoms with Crippen LogP contribution in [0.2, 0.25) is 0 Å². The quantitative estimate of drug-likeness (QED) is 0.104. The van der Waals surface area contributed by atoms with E-state index >= 15 is 0 Å². The maximum absolute atomic E-state index is 14.5. The van der Waals surface area contributed by atoms with E-state index in [4.69, 9.17) is 30.5 Å². The average Bonchev–Trinajstić information content (AvgIpc) is 3.64. The van der Waals surface area contributed by atoms with Crippen molar-refractivity contribution in [3.63, 3.8) is 0 Å². The van der Waals surface area contributed by atoms with Crippen molar-refractivity contribution in [1.82, 2.24) is 19.5 Å². The van der Waals surface area contributed by atoms with Crippen molar-refractivity contribution < 1.29 is 38.1 Å². The van der Waals surface area contributed by atoms with Crippen molar-refractivity contribution in [2.75, 3.05) is 26.3 Å². The van der Waals surface area contributed by atoms with Crippen molar-refractivity contribution in [2.24, 2.45) is 28.6 Å². The number of rotatable bonds is 13. The molecule has 1 amide bonds. The van der Waals surface area contributed by atoms with E-state index in [0.29, 0.717) is 17.3 Å². The molecule has 1 saturated carbocycles. The molecule has 0 radical (unpaired) electrons. The zero-order chi connectivity index (χ0) is 39.1. The van der Waals surface area contributed by atoms with E-state index in [9.17, 15) is 19.2 Å². The molecule has 288 valence electrons. The highest BCUT2D eigenvalue weighted by Crippen LogP contribution is 2.50. The number of esters is 3. The summed E-state index contributed by atoms with van der Waals surface area (Å²) >= 11 is 0. The Labute approximate surface area is 312 Å². The van der Waals surface area contributed by atoms with Gasteiger partial charge >= 0.3 is 24.0 Å². The van der Waals surface area contributed by atoms with Crippen LogP contribution in [-0.2, 0) is 23.8 Å². The van der Waals surface area contributed by atoms with Crippen LogP contribution >= 0.6 is 0 Å². The van der Waals surface area contributed by atoms with Gasteiger partial charge in [0.1, 0.15) is 11.7 Å². The second-order valence-electron chi connectivity index (χ2n) is 15.9. The number of nitrogens with one attached hydrogen (secondary N) is 1. The number of hydrogen-bond donors (Lipinski definition) is 1. The standard InChI is InChI=1S/C40H55N5O8/c1-11-50-29(46)19-16-21-44(22-20-30(47)51-12-2)38(49)53-36-32(41-10)31(35-42-34(43-45(35)36)26-17-14-13-15-18-26)37(48)52-33-27(39(4,5)6)23-25(3)24-28(33)40(7,8)9/h13-15,17-18,25,27-28,33H,11-12,16,19-24H2,1-9H3,(H,42,43). The van der Waals surface area contributed by atoms with E-state index in [1.54, 1.807) is 13.8 Å². The number of aromatic amines is 1. The van der Waals surface area contributed by atoms with Gasteiger partial charge in [-0.2, -0.15) is 0 Å². The van der Waals surface area contributed by atoms with Crippen LogP contribution in [0.25, 0.3) is 21.9 Å². The van der Waals surface area contributed by atoms with Gasteiger partial charge in [-0.1, -0.05) is 78.8 Å². The molecule has 3 aromatic rings. The number of fused-ring (bicyclic) bond motifs is 1. The number of amides is 1. The van der Waals surface area contributed by atoms with E-state index in [-0.39, 0.29) is 91.0 Å². The Kier molecular flexibility index (Phi) is 13.4. The zero-order valence-electron chi connectivity index (χ0n) is 32.6. The maximum atomic E-state index is 14.5. The van der Waals surface area contributed by atoms with E-state index in [1.807, 2.05) is 30.3 Å². The van der Waals surface area contributed by atoms with Crippen LogP contribution in [0.15, 0.2) is 30.3 Å². The summed E-state index contributed by atoms with van der Waals surface area (Å²) < 4.78 is 23.9. The lowest BCUT2D eigenvalue weighted by Crippen LogP contribution is -2.49. The largest absolute Gasteiger partial charge is 0.466 e. The van der Waals surface area contributed by atoms with Gasteiger partial charge in [0.05, 0.1) is 26.2 Å². The number of hydrogen-bond acceptors (Lipinski definition) is 9. The number of H-pyrrole nitrogens is 1.